The van der Waals surface area contributed by atoms with Crippen LogP contribution >= 0.6 is 11.3 Å². The summed E-state index contributed by atoms with van der Waals surface area (Å²) in [5, 5.41) is 19.2. The van der Waals surface area contributed by atoms with Crippen molar-refractivity contribution in [3.05, 3.63) is 82.0 Å². The molecular weight excluding hydrogens is 526 g/mol. The number of amidine groups is 1. The topological polar surface area (TPSA) is 138 Å². The van der Waals surface area contributed by atoms with Gasteiger partial charge < -0.3 is 26.0 Å². The van der Waals surface area contributed by atoms with Gasteiger partial charge in [0.15, 0.2) is 0 Å². The second-order valence-corrected chi connectivity index (χ2v) is 10.9. The molecule has 3 amide bonds. The maximum atomic E-state index is 13.2. The minimum absolute atomic E-state index is 0.0317. The average Bonchev–Trinajstić information content (AvgIpc) is 3.63. The largest absolute Gasteiger partial charge is 0.384 e. The highest BCUT2D eigenvalue weighted by Gasteiger charge is 2.40. The average molecular weight is 558 g/mol. The third-order valence-corrected chi connectivity index (χ3v) is 8.42. The van der Waals surface area contributed by atoms with Crippen LogP contribution in [0.2, 0.25) is 0 Å². The summed E-state index contributed by atoms with van der Waals surface area (Å²) in [5.41, 5.74) is 6.62. The summed E-state index contributed by atoms with van der Waals surface area (Å²) in [6.45, 7) is 1.86. The lowest BCUT2D eigenvalue weighted by Gasteiger charge is -2.25. The molecule has 5 rings (SSSR count). The number of nitrogen functional groups attached to an aromatic ring is 1. The summed E-state index contributed by atoms with van der Waals surface area (Å²) in [6, 6.07) is 18.4. The number of nitrogens with zero attached hydrogens (tertiary/aromatic N) is 1. The molecule has 1 aromatic heterocycles. The zero-order valence-electron chi connectivity index (χ0n) is 22.3. The summed E-state index contributed by atoms with van der Waals surface area (Å²) in [5.74, 6) is -1.05. The Morgan fingerprint density at radius 1 is 1.05 bits per heavy atom. The normalized spacial score (nSPS) is 17.6. The van der Waals surface area contributed by atoms with Gasteiger partial charge in [-0.05, 0) is 58.8 Å². The lowest BCUT2D eigenvalue weighted by atomic mass is 10.0. The number of rotatable bonds is 8. The molecule has 1 saturated heterocycles. The van der Waals surface area contributed by atoms with Crippen LogP contribution in [0.15, 0.2) is 66.0 Å². The second kappa shape index (κ2) is 11.4. The lowest BCUT2D eigenvalue weighted by molar-refractivity contribution is -0.138. The molecule has 0 bridgehead atoms. The number of nitrogens with one attached hydrogen (secondary N) is 3. The number of carbonyl (C=O) groups is 3. The van der Waals surface area contributed by atoms with Crippen LogP contribution in [0.3, 0.4) is 0 Å². The predicted octanol–water partition coefficient (Wildman–Crippen LogP) is 3.56. The minimum Gasteiger partial charge on any atom is -0.384 e. The number of thiophene rings is 1. The number of nitrogens with two attached hydrogens (primary N) is 1. The van der Waals surface area contributed by atoms with E-state index >= 15 is 0 Å². The number of ether oxygens (including phenoxy) is 1. The van der Waals surface area contributed by atoms with Crippen LogP contribution in [0.5, 0.6) is 0 Å². The van der Waals surface area contributed by atoms with Gasteiger partial charge in [0, 0.05) is 41.5 Å². The molecule has 206 valence electrons. The smallest absolute Gasteiger partial charge is 0.251 e. The van der Waals surface area contributed by atoms with E-state index < -0.39 is 6.04 Å². The molecule has 1 unspecified atom stereocenters. The molecule has 4 aromatic rings. The van der Waals surface area contributed by atoms with Gasteiger partial charge in [-0.25, -0.2) is 0 Å². The number of hydrogen-bond acceptors (Lipinski definition) is 6. The fraction of sp³-hybridized carbons (Fsp3) is 0.267. The molecule has 0 saturated carbocycles. The van der Waals surface area contributed by atoms with E-state index in [1.807, 2.05) is 49.4 Å². The van der Waals surface area contributed by atoms with Crippen molar-refractivity contribution in [2.24, 2.45) is 5.73 Å². The summed E-state index contributed by atoms with van der Waals surface area (Å²) < 4.78 is 5.46. The zero-order chi connectivity index (χ0) is 28.4. The van der Waals surface area contributed by atoms with E-state index in [9.17, 15) is 14.4 Å². The third kappa shape index (κ3) is 5.68. The predicted molar refractivity (Wildman–Crippen MR) is 157 cm³/mol. The van der Waals surface area contributed by atoms with Crippen LogP contribution in [-0.2, 0) is 14.3 Å². The molecule has 0 aliphatic carbocycles. The molecule has 1 aliphatic rings. The Balaban J connectivity index is 1.24. The van der Waals surface area contributed by atoms with Gasteiger partial charge in [0.25, 0.3) is 5.91 Å². The molecule has 0 radical (unpaired) electrons. The summed E-state index contributed by atoms with van der Waals surface area (Å²) in [6.07, 6.45) is 0.0725. The van der Waals surface area contributed by atoms with Gasteiger partial charge in [0.2, 0.25) is 11.8 Å². The van der Waals surface area contributed by atoms with Crippen molar-refractivity contribution in [2.75, 3.05) is 20.2 Å². The van der Waals surface area contributed by atoms with Crippen LogP contribution < -0.4 is 16.4 Å². The number of benzene rings is 3. The minimum atomic E-state index is -0.724. The number of carbonyl (C=O) groups excluding carboxylic acids is 3. The fourth-order valence-corrected chi connectivity index (χ4v) is 5.95. The van der Waals surface area contributed by atoms with Crippen LogP contribution in [0, 0.1) is 5.41 Å². The van der Waals surface area contributed by atoms with E-state index in [0.29, 0.717) is 17.5 Å². The maximum absolute atomic E-state index is 13.2. The Morgan fingerprint density at radius 3 is 2.42 bits per heavy atom. The molecule has 5 N–H and O–H groups in total. The van der Waals surface area contributed by atoms with E-state index in [1.54, 1.807) is 24.6 Å². The van der Waals surface area contributed by atoms with Crippen molar-refractivity contribution in [3.8, 4) is 0 Å². The highest BCUT2D eigenvalue weighted by molar-refractivity contribution is 7.10. The van der Waals surface area contributed by atoms with E-state index in [1.165, 1.54) is 16.2 Å². The first-order valence-corrected chi connectivity index (χ1v) is 13.9. The van der Waals surface area contributed by atoms with Crippen LogP contribution in [0.25, 0.3) is 21.5 Å². The molecule has 40 heavy (non-hydrogen) atoms. The zero-order valence-corrected chi connectivity index (χ0v) is 23.1. The summed E-state index contributed by atoms with van der Waals surface area (Å²) in [7, 11) is 1.55. The molecular formula is C30H31N5O4S. The van der Waals surface area contributed by atoms with E-state index in [0.717, 1.165) is 26.4 Å². The summed E-state index contributed by atoms with van der Waals surface area (Å²) >= 11 is 1.40. The Morgan fingerprint density at radius 2 is 1.75 bits per heavy atom. The van der Waals surface area contributed by atoms with E-state index in [-0.39, 0.29) is 48.8 Å². The number of likely N-dealkylation sites (tertiary alicyclic amines) is 1. The van der Waals surface area contributed by atoms with E-state index in [2.05, 4.69) is 16.7 Å². The van der Waals surface area contributed by atoms with Crippen LogP contribution in [0.4, 0.5) is 0 Å². The first-order chi connectivity index (χ1) is 19.2. The van der Waals surface area contributed by atoms with Gasteiger partial charge in [0.05, 0.1) is 18.7 Å². The molecule has 2 heterocycles. The Labute approximate surface area is 235 Å². The Hall–Kier alpha value is -4.28. The van der Waals surface area contributed by atoms with Crippen molar-refractivity contribution in [3.63, 3.8) is 0 Å². The molecule has 1 fully saturated rings. The molecule has 10 heteroatoms. The van der Waals surface area contributed by atoms with Crippen molar-refractivity contribution in [1.29, 1.82) is 5.41 Å². The molecule has 1 aliphatic heterocycles. The third-order valence-electron chi connectivity index (χ3n) is 7.30. The second-order valence-electron chi connectivity index (χ2n) is 9.98. The molecule has 9 nitrogen and oxygen atoms in total. The first-order valence-electron chi connectivity index (χ1n) is 13.0. The van der Waals surface area contributed by atoms with Crippen LogP contribution in [0.1, 0.15) is 40.2 Å². The van der Waals surface area contributed by atoms with Gasteiger partial charge >= 0.3 is 0 Å². The van der Waals surface area contributed by atoms with Gasteiger partial charge in [-0.3, -0.25) is 19.8 Å². The monoisotopic (exact) mass is 557 g/mol. The van der Waals surface area contributed by atoms with Crippen molar-refractivity contribution < 1.29 is 19.1 Å². The Kier molecular flexibility index (Phi) is 7.81. The highest BCUT2D eigenvalue weighted by Crippen LogP contribution is 2.26. The molecule has 3 aromatic carbocycles. The molecule has 0 spiro atoms. The van der Waals surface area contributed by atoms with Crippen molar-refractivity contribution >= 4 is 56.4 Å². The van der Waals surface area contributed by atoms with Gasteiger partial charge in [-0.15, -0.1) is 11.3 Å². The standard InChI is InChI=1S/C30H31N5O4S/c1-17(26-12-23(16-40-26)28(31)32)34-30(38)25-13-24(39-2)15-35(25)27(36)14-33-29(37)21-8-7-20-9-18-5-3-4-6-19(18)10-22(20)11-21/h3-12,16-17,24-25H,13-15H2,1-2H3,(H3,31,32)(H,33,37)(H,34,38)/t17?,24-,25+/m1/s1. The number of hydrogen-bond donors (Lipinski definition) is 4. The van der Waals surface area contributed by atoms with Gasteiger partial charge in [-0.1, -0.05) is 30.3 Å². The van der Waals surface area contributed by atoms with Gasteiger partial charge in [0.1, 0.15) is 11.9 Å². The SMILES string of the molecule is CO[C@@H]1C[C@@H](C(=O)NC(C)c2cc(C(=N)N)cs2)N(C(=O)CNC(=O)c2ccc3cc4ccccc4cc3c2)C1. The first kappa shape index (κ1) is 27.3. The summed E-state index contributed by atoms with van der Waals surface area (Å²) in [4.78, 5) is 41.7. The van der Waals surface area contributed by atoms with Crippen molar-refractivity contribution in [1.82, 2.24) is 15.5 Å². The quantitative estimate of drug-likeness (QED) is 0.149. The number of fused-ring (bicyclic) bond motifs is 2. The van der Waals surface area contributed by atoms with Crippen LogP contribution in [-0.4, -0.2) is 60.8 Å². The maximum Gasteiger partial charge on any atom is 0.251 e. The lowest BCUT2D eigenvalue weighted by Crippen LogP contribution is -2.49. The van der Waals surface area contributed by atoms with Crippen molar-refractivity contribution in [2.45, 2.75) is 31.5 Å². The van der Waals surface area contributed by atoms with E-state index in [4.69, 9.17) is 15.9 Å². The molecule has 3 atom stereocenters. The van der Waals surface area contributed by atoms with Gasteiger partial charge in [-0.2, -0.15) is 0 Å². The highest BCUT2D eigenvalue weighted by atomic mass is 32.1. The Bertz CT molecular complexity index is 1620. The number of methoxy groups -OCH3 is 1. The fourth-order valence-electron chi connectivity index (χ4n) is 5.04. The number of amides is 3.